The molecule has 0 aliphatic rings. The Hall–Kier alpha value is -0.0831. The number of hydrogen-bond acceptors (Lipinski definition) is 1. The summed E-state index contributed by atoms with van der Waals surface area (Å²) in [5.74, 6) is 0. The fraction of sp³-hybridized carbons (Fsp3) is 0.750. The first kappa shape index (κ1) is 9.92. The van der Waals surface area contributed by atoms with E-state index >= 15 is 0 Å². The van der Waals surface area contributed by atoms with Crippen LogP contribution in [0.1, 0.15) is 34.1 Å². The first-order chi connectivity index (χ1) is 4.70. The predicted molar refractivity (Wildman–Crippen MR) is 46.0 cm³/mol. The molecule has 0 aromatic carbocycles. The molecule has 0 saturated carbocycles. The molecule has 0 aromatic heterocycles. The molecule has 2 heteroatoms. The topological polar surface area (TPSA) is 9.23 Å². The van der Waals surface area contributed by atoms with Crippen LogP contribution in [0.4, 0.5) is 0 Å². The highest BCUT2D eigenvalue weighted by molar-refractivity contribution is 6.37. The molecule has 0 bridgehead atoms. The molecule has 0 heterocycles. The van der Waals surface area contributed by atoms with Crippen LogP contribution in [0.15, 0.2) is 11.3 Å². The van der Waals surface area contributed by atoms with Gasteiger partial charge in [-0.05, 0) is 27.2 Å². The smallest absolute Gasteiger partial charge is 0.264 e. The Morgan fingerprint density at radius 3 is 2.70 bits per heavy atom. The van der Waals surface area contributed by atoms with Crippen LogP contribution in [0.5, 0.6) is 0 Å². The van der Waals surface area contributed by atoms with Crippen LogP contribution < -0.4 is 0 Å². The predicted octanol–water partition coefficient (Wildman–Crippen LogP) is 2.34. The standard InChI is InChI=1S/C8H16OSi/c1-5-7(3)9-10-8(4)6-2/h6-7H,5H2,1-4H3/b8-6+. The van der Waals surface area contributed by atoms with Crippen LogP contribution in [0, 0.1) is 0 Å². The molecule has 10 heavy (non-hydrogen) atoms. The number of rotatable bonds is 4. The number of allylic oxidation sites excluding steroid dienone is 2. The van der Waals surface area contributed by atoms with Crippen LogP contribution in [-0.4, -0.2) is 15.9 Å². The SMILES string of the molecule is C/C=C(\C)[Si]OC(C)CC. The van der Waals surface area contributed by atoms with Gasteiger partial charge in [-0.3, -0.25) is 0 Å². The molecule has 2 radical (unpaired) electrons. The number of hydrogen-bond donors (Lipinski definition) is 0. The van der Waals surface area contributed by atoms with E-state index in [0.717, 1.165) is 6.42 Å². The Morgan fingerprint density at radius 1 is 1.70 bits per heavy atom. The van der Waals surface area contributed by atoms with E-state index in [-0.39, 0.29) is 0 Å². The van der Waals surface area contributed by atoms with Gasteiger partial charge in [0, 0.05) is 6.10 Å². The van der Waals surface area contributed by atoms with E-state index in [1.807, 2.05) is 6.92 Å². The fourth-order valence-electron chi connectivity index (χ4n) is 0.336. The minimum absolute atomic E-state index is 0.410. The molecule has 0 aromatic rings. The summed E-state index contributed by atoms with van der Waals surface area (Å²) in [5.41, 5.74) is 0. The lowest BCUT2D eigenvalue weighted by Gasteiger charge is -2.08. The molecule has 0 spiro atoms. The minimum atomic E-state index is 0.410. The molecule has 58 valence electrons. The van der Waals surface area contributed by atoms with Gasteiger partial charge in [-0.1, -0.05) is 18.2 Å². The summed E-state index contributed by atoms with van der Waals surface area (Å²) >= 11 is 0. The minimum Gasteiger partial charge on any atom is -0.409 e. The van der Waals surface area contributed by atoms with Crippen molar-refractivity contribution >= 4 is 9.76 Å². The Labute approximate surface area is 66.4 Å². The maximum Gasteiger partial charge on any atom is 0.264 e. The van der Waals surface area contributed by atoms with Gasteiger partial charge in [0.1, 0.15) is 0 Å². The third-order valence-electron chi connectivity index (χ3n) is 1.43. The summed E-state index contributed by atoms with van der Waals surface area (Å²) in [6.45, 7) is 8.39. The Kier molecular flexibility index (Phi) is 5.64. The highest BCUT2D eigenvalue weighted by Gasteiger charge is 1.98. The molecule has 0 N–H and O–H groups in total. The Morgan fingerprint density at radius 2 is 2.30 bits per heavy atom. The monoisotopic (exact) mass is 156 g/mol. The molecular formula is C8H16OSi. The molecular weight excluding hydrogens is 140 g/mol. The van der Waals surface area contributed by atoms with E-state index in [1.54, 1.807) is 0 Å². The molecule has 1 nitrogen and oxygen atoms in total. The van der Waals surface area contributed by atoms with Crippen molar-refractivity contribution < 1.29 is 4.43 Å². The summed E-state index contributed by atoms with van der Waals surface area (Å²) in [6, 6.07) is 0. The second kappa shape index (κ2) is 5.68. The van der Waals surface area contributed by atoms with Gasteiger partial charge in [0.25, 0.3) is 9.76 Å². The van der Waals surface area contributed by atoms with Crippen LogP contribution >= 0.6 is 0 Å². The zero-order valence-electron chi connectivity index (χ0n) is 7.27. The molecule has 1 unspecified atom stereocenters. The van der Waals surface area contributed by atoms with E-state index < -0.39 is 0 Å². The van der Waals surface area contributed by atoms with Crippen molar-refractivity contribution in [2.24, 2.45) is 0 Å². The quantitative estimate of drug-likeness (QED) is 0.568. The lowest BCUT2D eigenvalue weighted by molar-refractivity contribution is 0.231. The zero-order valence-corrected chi connectivity index (χ0v) is 8.27. The van der Waals surface area contributed by atoms with Gasteiger partial charge >= 0.3 is 0 Å². The van der Waals surface area contributed by atoms with Crippen molar-refractivity contribution in [3.8, 4) is 0 Å². The van der Waals surface area contributed by atoms with Crippen molar-refractivity contribution in [2.75, 3.05) is 0 Å². The summed E-state index contributed by atoms with van der Waals surface area (Å²) < 4.78 is 5.50. The van der Waals surface area contributed by atoms with Crippen LogP contribution in [0.25, 0.3) is 0 Å². The van der Waals surface area contributed by atoms with Gasteiger partial charge in [0.2, 0.25) is 0 Å². The van der Waals surface area contributed by atoms with Gasteiger partial charge < -0.3 is 4.43 Å². The molecule has 0 aliphatic carbocycles. The van der Waals surface area contributed by atoms with Gasteiger partial charge in [-0.15, -0.1) is 0 Å². The normalized spacial score (nSPS) is 15.4. The largest absolute Gasteiger partial charge is 0.409 e. The van der Waals surface area contributed by atoms with Gasteiger partial charge in [-0.25, -0.2) is 0 Å². The fourth-order valence-corrected chi connectivity index (χ4v) is 1.01. The molecule has 1 atom stereocenters. The van der Waals surface area contributed by atoms with Crippen molar-refractivity contribution in [3.63, 3.8) is 0 Å². The van der Waals surface area contributed by atoms with Crippen molar-refractivity contribution in [1.82, 2.24) is 0 Å². The average Bonchev–Trinajstić information content (AvgIpc) is 1.99. The molecule has 0 rings (SSSR count). The maximum atomic E-state index is 5.50. The van der Waals surface area contributed by atoms with Gasteiger partial charge in [-0.2, -0.15) is 0 Å². The third kappa shape index (κ3) is 4.76. The molecule has 0 fully saturated rings. The van der Waals surface area contributed by atoms with Crippen molar-refractivity contribution in [1.29, 1.82) is 0 Å². The van der Waals surface area contributed by atoms with E-state index in [9.17, 15) is 0 Å². The summed E-state index contributed by atoms with van der Waals surface area (Å²) in [7, 11) is 0.554. The second-order valence-corrected chi connectivity index (χ2v) is 3.64. The van der Waals surface area contributed by atoms with Crippen molar-refractivity contribution in [2.45, 2.75) is 40.2 Å². The Bertz CT molecular complexity index is 110. The first-order valence-electron chi connectivity index (χ1n) is 3.75. The average molecular weight is 156 g/mol. The lowest BCUT2D eigenvalue weighted by atomic mass is 10.3. The zero-order chi connectivity index (χ0) is 7.98. The summed E-state index contributed by atoms with van der Waals surface area (Å²) in [4.78, 5) is 0. The van der Waals surface area contributed by atoms with Crippen LogP contribution in [0.3, 0.4) is 0 Å². The maximum absolute atomic E-state index is 5.50. The molecule has 0 saturated heterocycles. The highest BCUT2D eigenvalue weighted by Crippen LogP contribution is 1.97. The molecule has 0 aliphatic heterocycles. The van der Waals surface area contributed by atoms with Gasteiger partial charge in [0.05, 0.1) is 0 Å². The molecule has 0 amide bonds. The second-order valence-electron chi connectivity index (χ2n) is 2.41. The van der Waals surface area contributed by atoms with Gasteiger partial charge in [0.15, 0.2) is 0 Å². The van der Waals surface area contributed by atoms with E-state index in [0.29, 0.717) is 15.9 Å². The third-order valence-corrected chi connectivity index (χ3v) is 2.56. The van der Waals surface area contributed by atoms with E-state index in [2.05, 4.69) is 26.8 Å². The first-order valence-corrected chi connectivity index (χ1v) is 4.66. The summed E-state index contributed by atoms with van der Waals surface area (Å²) in [5, 5.41) is 1.33. The summed E-state index contributed by atoms with van der Waals surface area (Å²) in [6.07, 6.45) is 3.61. The highest BCUT2D eigenvalue weighted by atomic mass is 28.2. The van der Waals surface area contributed by atoms with Crippen LogP contribution in [-0.2, 0) is 4.43 Å². The lowest BCUT2D eigenvalue weighted by Crippen LogP contribution is -2.10. The van der Waals surface area contributed by atoms with Crippen molar-refractivity contribution in [3.05, 3.63) is 11.3 Å². The van der Waals surface area contributed by atoms with Crippen LogP contribution in [0.2, 0.25) is 0 Å². The Balaban J connectivity index is 3.35. The van der Waals surface area contributed by atoms with E-state index in [1.165, 1.54) is 5.20 Å². The van der Waals surface area contributed by atoms with E-state index in [4.69, 9.17) is 4.43 Å².